The molecule has 4 heteroatoms. The number of carbonyl (C=O) groups excluding carboxylic acids is 1. The SMILES string of the molecule is Cc1onc(-c2ccccc2)c1C=C1C(=O)Nc2ccccc21. The molecule has 4 rings (SSSR count). The number of carbonyl (C=O) groups is 1. The number of amides is 1. The second kappa shape index (κ2) is 5.25. The van der Waals surface area contributed by atoms with Crippen LogP contribution in [0.5, 0.6) is 0 Å². The minimum atomic E-state index is -0.106. The third-order valence-electron chi connectivity index (χ3n) is 3.95. The summed E-state index contributed by atoms with van der Waals surface area (Å²) in [4.78, 5) is 12.3. The van der Waals surface area contributed by atoms with Crippen LogP contribution in [0.1, 0.15) is 16.9 Å². The van der Waals surface area contributed by atoms with Crippen LogP contribution in [-0.2, 0) is 4.79 Å². The molecular formula is C19H14N2O2. The summed E-state index contributed by atoms with van der Waals surface area (Å²) < 4.78 is 5.36. The molecule has 23 heavy (non-hydrogen) atoms. The van der Waals surface area contributed by atoms with Gasteiger partial charge in [0.25, 0.3) is 5.91 Å². The lowest BCUT2D eigenvalue weighted by molar-refractivity contribution is -0.110. The number of anilines is 1. The van der Waals surface area contributed by atoms with Gasteiger partial charge in [-0.05, 0) is 19.1 Å². The number of aryl methyl sites for hydroxylation is 1. The van der Waals surface area contributed by atoms with E-state index in [9.17, 15) is 4.79 Å². The predicted octanol–water partition coefficient (Wildman–Crippen LogP) is 4.14. The van der Waals surface area contributed by atoms with Crippen LogP contribution in [-0.4, -0.2) is 11.1 Å². The van der Waals surface area contributed by atoms with E-state index < -0.39 is 0 Å². The number of nitrogens with one attached hydrogen (secondary N) is 1. The van der Waals surface area contributed by atoms with Gasteiger partial charge in [0.1, 0.15) is 11.5 Å². The Hall–Kier alpha value is -3.14. The van der Waals surface area contributed by atoms with Crippen LogP contribution in [0.4, 0.5) is 5.69 Å². The van der Waals surface area contributed by atoms with Gasteiger partial charge < -0.3 is 9.84 Å². The van der Waals surface area contributed by atoms with Gasteiger partial charge in [0.05, 0.1) is 0 Å². The summed E-state index contributed by atoms with van der Waals surface area (Å²) in [6.45, 7) is 1.85. The van der Waals surface area contributed by atoms with Gasteiger partial charge in [-0.2, -0.15) is 0 Å². The molecule has 0 atom stereocenters. The second-order valence-corrected chi connectivity index (χ2v) is 5.42. The third-order valence-corrected chi connectivity index (χ3v) is 3.95. The van der Waals surface area contributed by atoms with Crippen LogP contribution in [0.3, 0.4) is 0 Å². The van der Waals surface area contributed by atoms with Crippen molar-refractivity contribution in [2.24, 2.45) is 0 Å². The van der Waals surface area contributed by atoms with Crippen molar-refractivity contribution in [3.63, 3.8) is 0 Å². The molecule has 3 aromatic rings. The summed E-state index contributed by atoms with van der Waals surface area (Å²) in [5.74, 6) is 0.583. The molecule has 0 saturated carbocycles. The molecular weight excluding hydrogens is 288 g/mol. The van der Waals surface area contributed by atoms with Crippen molar-refractivity contribution in [3.05, 3.63) is 71.5 Å². The van der Waals surface area contributed by atoms with Crippen molar-refractivity contribution in [1.82, 2.24) is 5.16 Å². The molecule has 0 saturated heterocycles. The Labute approximate surface area is 133 Å². The molecule has 1 aliphatic rings. The number of rotatable bonds is 2. The molecule has 112 valence electrons. The van der Waals surface area contributed by atoms with Crippen LogP contribution in [0.25, 0.3) is 22.9 Å². The van der Waals surface area contributed by atoms with E-state index in [0.29, 0.717) is 11.3 Å². The first kappa shape index (κ1) is 13.5. The fraction of sp³-hybridized carbons (Fsp3) is 0.0526. The lowest BCUT2D eigenvalue weighted by atomic mass is 10.0. The van der Waals surface area contributed by atoms with Crippen molar-refractivity contribution in [3.8, 4) is 11.3 Å². The normalized spacial score (nSPS) is 14.8. The Kier molecular flexibility index (Phi) is 3.08. The van der Waals surface area contributed by atoms with Gasteiger partial charge in [-0.15, -0.1) is 0 Å². The van der Waals surface area contributed by atoms with Gasteiger partial charge in [-0.3, -0.25) is 4.79 Å². The molecule has 2 heterocycles. The number of nitrogens with zero attached hydrogens (tertiary/aromatic N) is 1. The molecule has 0 bridgehead atoms. The van der Waals surface area contributed by atoms with Crippen molar-refractivity contribution >= 4 is 23.2 Å². The van der Waals surface area contributed by atoms with Gasteiger partial charge in [0.2, 0.25) is 0 Å². The van der Waals surface area contributed by atoms with E-state index in [0.717, 1.165) is 28.1 Å². The molecule has 1 aliphatic heterocycles. The van der Waals surface area contributed by atoms with Gasteiger partial charge in [-0.1, -0.05) is 53.7 Å². The smallest absolute Gasteiger partial charge is 0.256 e. The minimum absolute atomic E-state index is 0.106. The van der Waals surface area contributed by atoms with Gasteiger partial charge >= 0.3 is 0 Å². The highest BCUT2D eigenvalue weighted by Gasteiger charge is 2.25. The highest BCUT2D eigenvalue weighted by molar-refractivity contribution is 6.35. The Bertz CT molecular complexity index is 924. The topological polar surface area (TPSA) is 55.1 Å². The summed E-state index contributed by atoms with van der Waals surface area (Å²) in [6.07, 6.45) is 1.86. The second-order valence-electron chi connectivity index (χ2n) is 5.42. The highest BCUT2D eigenvalue weighted by Crippen LogP contribution is 2.35. The fourth-order valence-corrected chi connectivity index (χ4v) is 2.78. The Morgan fingerprint density at radius 1 is 1.04 bits per heavy atom. The van der Waals surface area contributed by atoms with Crippen LogP contribution in [0.2, 0.25) is 0 Å². The van der Waals surface area contributed by atoms with Gasteiger partial charge in [-0.25, -0.2) is 0 Å². The van der Waals surface area contributed by atoms with E-state index in [2.05, 4.69) is 10.5 Å². The van der Waals surface area contributed by atoms with Gasteiger partial charge in [0.15, 0.2) is 0 Å². The van der Waals surface area contributed by atoms with Crippen LogP contribution in [0, 0.1) is 6.92 Å². The summed E-state index contributed by atoms with van der Waals surface area (Å²) in [6, 6.07) is 17.5. The maximum Gasteiger partial charge on any atom is 0.256 e. The highest BCUT2D eigenvalue weighted by atomic mass is 16.5. The van der Waals surface area contributed by atoms with E-state index in [1.165, 1.54) is 0 Å². The standard InChI is InChI=1S/C19H14N2O2/c1-12-15(18(21-23-12)13-7-3-2-4-8-13)11-16-14-9-5-6-10-17(14)20-19(16)22/h2-11H,1H3,(H,20,22). The van der Waals surface area contributed by atoms with Crippen molar-refractivity contribution in [1.29, 1.82) is 0 Å². The Morgan fingerprint density at radius 2 is 1.78 bits per heavy atom. The first-order chi connectivity index (χ1) is 11.2. The van der Waals surface area contributed by atoms with Crippen LogP contribution < -0.4 is 5.32 Å². The fourth-order valence-electron chi connectivity index (χ4n) is 2.78. The quantitative estimate of drug-likeness (QED) is 0.724. The zero-order valence-electron chi connectivity index (χ0n) is 12.5. The number of fused-ring (bicyclic) bond motifs is 1. The average Bonchev–Trinajstić information content (AvgIpc) is 3.10. The number of hydrogen-bond donors (Lipinski definition) is 1. The number of benzene rings is 2. The van der Waals surface area contributed by atoms with Crippen molar-refractivity contribution < 1.29 is 9.32 Å². The van der Waals surface area contributed by atoms with Crippen LogP contribution in [0.15, 0.2) is 59.1 Å². The number of hydrogen-bond acceptors (Lipinski definition) is 3. The Balaban J connectivity index is 1.87. The average molecular weight is 302 g/mol. The molecule has 0 unspecified atom stereocenters. The van der Waals surface area contributed by atoms with E-state index in [1.807, 2.05) is 67.6 Å². The predicted molar refractivity (Wildman–Crippen MR) is 89.6 cm³/mol. The maximum atomic E-state index is 12.3. The first-order valence-electron chi connectivity index (χ1n) is 7.38. The van der Waals surface area contributed by atoms with E-state index >= 15 is 0 Å². The molecule has 0 fully saturated rings. The van der Waals surface area contributed by atoms with E-state index in [1.54, 1.807) is 0 Å². The zero-order chi connectivity index (χ0) is 15.8. The summed E-state index contributed by atoms with van der Waals surface area (Å²) in [7, 11) is 0. The summed E-state index contributed by atoms with van der Waals surface area (Å²) in [5.41, 5.74) is 4.90. The third kappa shape index (κ3) is 2.25. The molecule has 1 N–H and O–H groups in total. The molecule has 2 aromatic carbocycles. The molecule has 4 nitrogen and oxygen atoms in total. The van der Waals surface area contributed by atoms with Crippen molar-refractivity contribution in [2.75, 3.05) is 5.32 Å². The zero-order valence-corrected chi connectivity index (χ0v) is 12.5. The molecule has 1 amide bonds. The molecule has 0 aliphatic carbocycles. The summed E-state index contributed by atoms with van der Waals surface area (Å²) >= 11 is 0. The van der Waals surface area contributed by atoms with Crippen LogP contribution >= 0.6 is 0 Å². The monoisotopic (exact) mass is 302 g/mol. The lowest BCUT2D eigenvalue weighted by Gasteiger charge is -2.00. The summed E-state index contributed by atoms with van der Waals surface area (Å²) in [5, 5.41) is 7.04. The van der Waals surface area contributed by atoms with E-state index in [-0.39, 0.29) is 5.91 Å². The largest absolute Gasteiger partial charge is 0.360 e. The Morgan fingerprint density at radius 3 is 2.61 bits per heavy atom. The number of aromatic nitrogens is 1. The van der Waals surface area contributed by atoms with E-state index in [4.69, 9.17) is 4.52 Å². The first-order valence-corrected chi connectivity index (χ1v) is 7.38. The maximum absolute atomic E-state index is 12.3. The molecule has 1 aromatic heterocycles. The molecule has 0 spiro atoms. The number of para-hydroxylation sites is 1. The van der Waals surface area contributed by atoms with Crippen molar-refractivity contribution in [2.45, 2.75) is 6.92 Å². The lowest BCUT2D eigenvalue weighted by Crippen LogP contribution is -2.03. The molecule has 0 radical (unpaired) electrons. The minimum Gasteiger partial charge on any atom is -0.360 e. The van der Waals surface area contributed by atoms with Gasteiger partial charge in [0, 0.05) is 28.0 Å².